The van der Waals surface area contributed by atoms with E-state index in [2.05, 4.69) is 4.72 Å². The molecule has 2 aromatic carbocycles. The number of halogens is 2. The first-order chi connectivity index (χ1) is 9.90. The molecule has 21 heavy (non-hydrogen) atoms. The summed E-state index contributed by atoms with van der Waals surface area (Å²) in [6.07, 6.45) is 0. The number of ether oxygens (including phenoxy) is 1. The first kappa shape index (κ1) is 15.4. The average Bonchev–Trinajstić information content (AvgIpc) is 2.45. The maximum Gasteiger partial charge on any atom is 0.241 e. The monoisotopic (exact) mass is 313 g/mol. The van der Waals surface area contributed by atoms with Gasteiger partial charge in [0.25, 0.3) is 0 Å². The van der Waals surface area contributed by atoms with Crippen molar-refractivity contribution in [3.05, 3.63) is 59.7 Å². The molecule has 0 heterocycles. The van der Waals surface area contributed by atoms with Crippen LogP contribution in [0.4, 0.5) is 8.78 Å². The van der Waals surface area contributed by atoms with E-state index in [-0.39, 0.29) is 6.54 Å². The molecule has 1 N–H and O–H groups in total. The minimum absolute atomic E-state index is 0.00442. The zero-order valence-corrected chi connectivity index (χ0v) is 12.0. The number of methoxy groups -OCH3 is 1. The molecule has 2 rings (SSSR count). The maximum atomic E-state index is 13.1. The second-order valence-electron chi connectivity index (χ2n) is 4.28. The molecule has 0 bridgehead atoms. The summed E-state index contributed by atoms with van der Waals surface area (Å²) in [7, 11) is -2.46. The van der Waals surface area contributed by atoms with E-state index in [9.17, 15) is 17.2 Å². The molecule has 0 amide bonds. The minimum atomic E-state index is -3.98. The van der Waals surface area contributed by atoms with Gasteiger partial charge in [-0.05, 0) is 29.8 Å². The highest BCUT2D eigenvalue weighted by Crippen LogP contribution is 2.15. The van der Waals surface area contributed by atoms with Crippen molar-refractivity contribution in [3.63, 3.8) is 0 Å². The molecule has 7 heteroatoms. The average molecular weight is 313 g/mol. The molecule has 0 atom stereocenters. The lowest BCUT2D eigenvalue weighted by Crippen LogP contribution is -2.23. The molecule has 2 aromatic rings. The minimum Gasteiger partial charge on any atom is -0.497 e. The summed E-state index contributed by atoms with van der Waals surface area (Å²) in [5.74, 6) is -1.24. The van der Waals surface area contributed by atoms with Crippen molar-refractivity contribution in [1.82, 2.24) is 4.72 Å². The fourth-order valence-electron chi connectivity index (χ4n) is 1.69. The Kier molecular flexibility index (Phi) is 4.54. The van der Waals surface area contributed by atoms with E-state index in [1.165, 1.54) is 7.11 Å². The highest BCUT2D eigenvalue weighted by Gasteiger charge is 2.16. The third-order valence-corrected chi connectivity index (χ3v) is 4.15. The lowest BCUT2D eigenvalue weighted by molar-refractivity contribution is 0.414. The number of sulfonamides is 1. The molecule has 0 fully saturated rings. The number of rotatable bonds is 5. The van der Waals surface area contributed by atoms with Crippen molar-refractivity contribution in [1.29, 1.82) is 0 Å². The van der Waals surface area contributed by atoms with Crippen LogP contribution >= 0.6 is 0 Å². The number of nitrogens with one attached hydrogen (secondary N) is 1. The highest BCUT2D eigenvalue weighted by atomic mass is 32.2. The quantitative estimate of drug-likeness (QED) is 0.922. The Morgan fingerprint density at radius 3 is 2.14 bits per heavy atom. The molecule has 0 spiro atoms. The van der Waals surface area contributed by atoms with Crippen LogP contribution in [-0.2, 0) is 16.6 Å². The Morgan fingerprint density at radius 2 is 1.62 bits per heavy atom. The van der Waals surface area contributed by atoms with E-state index in [4.69, 9.17) is 4.74 Å². The van der Waals surface area contributed by atoms with Crippen LogP contribution < -0.4 is 9.46 Å². The van der Waals surface area contributed by atoms with Gasteiger partial charge in [0.2, 0.25) is 10.0 Å². The van der Waals surface area contributed by atoms with Gasteiger partial charge in [-0.2, -0.15) is 0 Å². The van der Waals surface area contributed by atoms with Crippen LogP contribution in [0.5, 0.6) is 5.75 Å². The van der Waals surface area contributed by atoms with Crippen molar-refractivity contribution in [2.75, 3.05) is 7.11 Å². The van der Waals surface area contributed by atoms with Gasteiger partial charge >= 0.3 is 0 Å². The molecule has 0 saturated carbocycles. The fourth-order valence-corrected chi connectivity index (χ4v) is 2.75. The van der Waals surface area contributed by atoms with Gasteiger partial charge in [-0.25, -0.2) is 21.9 Å². The summed E-state index contributed by atoms with van der Waals surface area (Å²) in [6.45, 7) is 0.00442. The topological polar surface area (TPSA) is 55.4 Å². The molecule has 0 aliphatic rings. The van der Waals surface area contributed by atoms with E-state index in [0.717, 1.165) is 12.1 Å². The van der Waals surface area contributed by atoms with Crippen LogP contribution in [0.1, 0.15) is 5.56 Å². The molecule has 0 unspecified atom stereocenters. The molecule has 4 nitrogen and oxygen atoms in total. The maximum absolute atomic E-state index is 13.1. The molecule has 0 aliphatic heterocycles. The van der Waals surface area contributed by atoms with Crippen molar-refractivity contribution in [2.24, 2.45) is 0 Å². The van der Waals surface area contributed by atoms with Crippen molar-refractivity contribution >= 4 is 10.0 Å². The SMILES string of the molecule is COc1ccc(CNS(=O)(=O)c2cc(F)cc(F)c2)cc1. The molecule has 0 aliphatic carbocycles. The molecule has 0 saturated heterocycles. The van der Waals surface area contributed by atoms with Gasteiger partial charge in [0.05, 0.1) is 12.0 Å². The van der Waals surface area contributed by atoms with E-state index >= 15 is 0 Å². The number of hydrogen-bond donors (Lipinski definition) is 1. The first-order valence-electron chi connectivity index (χ1n) is 5.99. The van der Waals surface area contributed by atoms with Gasteiger partial charge in [-0.15, -0.1) is 0 Å². The largest absolute Gasteiger partial charge is 0.497 e. The van der Waals surface area contributed by atoms with Crippen LogP contribution in [-0.4, -0.2) is 15.5 Å². The van der Waals surface area contributed by atoms with E-state index in [1.54, 1.807) is 24.3 Å². The van der Waals surface area contributed by atoms with Gasteiger partial charge in [-0.3, -0.25) is 0 Å². The van der Waals surface area contributed by atoms with Crippen molar-refractivity contribution in [2.45, 2.75) is 11.4 Å². The van der Waals surface area contributed by atoms with Gasteiger partial charge in [0.15, 0.2) is 0 Å². The van der Waals surface area contributed by atoms with Crippen LogP contribution in [0, 0.1) is 11.6 Å². The molecule has 112 valence electrons. The first-order valence-corrected chi connectivity index (χ1v) is 7.48. The van der Waals surface area contributed by atoms with Gasteiger partial charge in [0.1, 0.15) is 17.4 Å². The van der Waals surface area contributed by atoms with Gasteiger partial charge < -0.3 is 4.74 Å². The molecular formula is C14H13F2NO3S. The molecule has 0 radical (unpaired) electrons. The smallest absolute Gasteiger partial charge is 0.241 e. The Morgan fingerprint density at radius 1 is 1.05 bits per heavy atom. The summed E-state index contributed by atoms with van der Waals surface area (Å²) >= 11 is 0. The standard InChI is InChI=1S/C14H13F2NO3S/c1-20-13-4-2-10(3-5-13)9-17-21(18,19)14-7-11(15)6-12(16)8-14/h2-8,17H,9H2,1H3. The molecule has 0 aromatic heterocycles. The van der Waals surface area contributed by atoms with Gasteiger partial charge in [0, 0.05) is 12.6 Å². The van der Waals surface area contributed by atoms with Gasteiger partial charge in [-0.1, -0.05) is 12.1 Å². The Bertz CT molecular complexity index is 710. The van der Waals surface area contributed by atoms with E-state index < -0.39 is 26.6 Å². The summed E-state index contributed by atoms with van der Waals surface area (Å²) in [5.41, 5.74) is 0.691. The van der Waals surface area contributed by atoms with Crippen molar-refractivity contribution < 1.29 is 21.9 Å². The third-order valence-electron chi connectivity index (χ3n) is 2.77. The fraction of sp³-hybridized carbons (Fsp3) is 0.143. The van der Waals surface area contributed by atoms with E-state index in [1.807, 2.05) is 0 Å². The summed E-state index contributed by atoms with van der Waals surface area (Å²) in [6, 6.07) is 8.89. The lowest BCUT2D eigenvalue weighted by atomic mass is 10.2. The van der Waals surface area contributed by atoms with E-state index in [0.29, 0.717) is 17.4 Å². The number of benzene rings is 2. The second-order valence-corrected chi connectivity index (χ2v) is 6.04. The van der Waals surface area contributed by atoms with Crippen LogP contribution in [0.15, 0.2) is 47.4 Å². The summed E-state index contributed by atoms with van der Waals surface area (Å²) < 4.78 is 57.3. The highest BCUT2D eigenvalue weighted by molar-refractivity contribution is 7.89. The van der Waals surface area contributed by atoms with Crippen molar-refractivity contribution in [3.8, 4) is 5.75 Å². The summed E-state index contributed by atoms with van der Waals surface area (Å²) in [4.78, 5) is -0.450. The third kappa shape index (κ3) is 3.99. The predicted octanol–water partition coefficient (Wildman–Crippen LogP) is 2.45. The van der Waals surface area contributed by atoms with Crippen LogP contribution in [0.2, 0.25) is 0 Å². The summed E-state index contributed by atoms with van der Waals surface area (Å²) in [5, 5.41) is 0. The van der Waals surface area contributed by atoms with Crippen LogP contribution in [0.3, 0.4) is 0 Å². The number of hydrogen-bond acceptors (Lipinski definition) is 3. The lowest BCUT2D eigenvalue weighted by Gasteiger charge is -2.08. The van der Waals surface area contributed by atoms with Crippen LogP contribution in [0.25, 0.3) is 0 Å². The predicted molar refractivity (Wildman–Crippen MR) is 73.4 cm³/mol. The normalized spacial score (nSPS) is 11.4. The Hall–Kier alpha value is -1.99. The Balaban J connectivity index is 2.13. The Labute approximate surface area is 121 Å². The zero-order valence-electron chi connectivity index (χ0n) is 11.1. The second kappa shape index (κ2) is 6.19. The molecular weight excluding hydrogens is 300 g/mol. The zero-order chi connectivity index (χ0) is 15.5.